The number of carbonyl (C=O) groups excluding carboxylic acids is 1. The van der Waals surface area contributed by atoms with Crippen molar-refractivity contribution in [3.8, 4) is 17.2 Å². The van der Waals surface area contributed by atoms with E-state index in [4.69, 9.17) is 30.5 Å². The Bertz CT molecular complexity index is 967. The van der Waals surface area contributed by atoms with Crippen LogP contribution in [0.25, 0.3) is 6.08 Å². The molecule has 0 spiro atoms. The number of fused-ring (bicyclic) bond motifs is 1. The molecule has 2 heterocycles. The highest BCUT2D eigenvalue weighted by atomic mass is 35.5. The molecule has 4 rings (SSSR count). The second kappa shape index (κ2) is 7.32. The van der Waals surface area contributed by atoms with Crippen molar-refractivity contribution in [1.82, 2.24) is 0 Å². The summed E-state index contributed by atoms with van der Waals surface area (Å²) in [5, 5.41) is 0.421. The van der Waals surface area contributed by atoms with E-state index in [1.54, 1.807) is 49.6 Å². The molecule has 0 aliphatic carbocycles. The van der Waals surface area contributed by atoms with Gasteiger partial charge in [-0.05, 0) is 42.0 Å². The Hall–Kier alpha value is -2.99. The summed E-state index contributed by atoms with van der Waals surface area (Å²) >= 11 is 6.30. The molecule has 2 aliphatic rings. The molecule has 0 radical (unpaired) electrons. The van der Waals surface area contributed by atoms with Crippen LogP contribution in [0.15, 0.2) is 47.1 Å². The molecule has 0 atom stereocenters. The van der Waals surface area contributed by atoms with E-state index in [1.807, 2.05) is 0 Å². The minimum absolute atomic E-state index is 0.179. The fourth-order valence-corrected chi connectivity index (χ4v) is 3.05. The topological polar surface area (TPSA) is 66.3 Å². The lowest BCUT2D eigenvalue weighted by Gasteiger charge is -2.10. The largest absolute Gasteiger partial charge is 0.497 e. The van der Waals surface area contributed by atoms with Gasteiger partial charge in [0.05, 0.1) is 25.3 Å². The maximum atomic E-state index is 12.2. The quantitative estimate of drug-likeness (QED) is 0.593. The number of hydrogen-bond donors (Lipinski definition) is 0. The van der Waals surface area contributed by atoms with Gasteiger partial charge in [-0.2, -0.15) is 0 Å². The van der Waals surface area contributed by atoms with Crippen LogP contribution in [-0.2, 0) is 9.53 Å². The van der Waals surface area contributed by atoms with Gasteiger partial charge in [-0.15, -0.1) is 0 Å². The molecule has 0 saturated heterocycles. The number of hydrogen-bond acceptors (Lipinski definition) is 6. The Balaban J connectivity index is 1.67. The maximum absolute atomic E-state index is 12.2. The number of halogens is 1. The van der Waals surface area contributed by atoms with Crippen molar-refractivity contribution in [2.75, 3.05) is 20.3 Å². The molecule has 0 unspecified atom stereocenters. The summed E-state index contributed by atoms with van der Waals surface area (Å²) < 4.78 is 21.8. The van der Waals surface area contributed by atoms with Crippen LogP contribution >= 0.6 is 11.6 Å². The predicted octanol–water partition coefficient (Wildman–Crippen LogP) is 3.85. The van der Waals surface area contributed by atoms with E-state index in [0.717, 1.165) is 6.42 Å². The van der Waals surface area contributed by atoms with E-state index in [9.17, 15) is 4.79 Å². The number of aliphatic imine (C=N–C) groups is 1. The molecule has 0 aromatic heterocycles. The second-order valence-electron chi connectivity index (χ2n) is 5.95. The van der Waals surface area contributed by atoms with Crippen LogP contribution in [0.5, 0.6) is 17.2 Å². The molecule has 2 aromatic rings. The third kappa shape index (κ3) is 3.61. The molecule has 0 amide bonds. The zero-order valence-corrected chi connectivity index (χ0v) is 15.3. The zero-order chi connectivity index (χ0) is 18.8. The Morgan fingerprint density at radius 2 is 2.04 bits per heavy atom. The van der Waals surface area contributed by atoms with E-state index in [-0.39, 0.29) is 11.6 Å². The molecule has 6 nitrogen and oxygen atoms in total. The van der Waals surface area contributed by atoms with Gasteiger partial charge in [-0.25, -0.2) is 9.79 Å². The Morgan fingerprint density at radius 3 is 2.89 bits per heavy atom. The van der Waals surface area contributed by atoms with E-state index < -0.39 is 5.97 Å². The first-order valence-corrected chi connectivity index (χ1v) is 8.78. The summed E-state index contributed by atoms with van der Waals surface area (Å²) in [6, 6.07) is 10.6. The van der Waals surface area contributed by atoms with Crippen LogP contribution in [0.4, 0.5) is 0 Å². The van der Waals surface area contributed by atoms with Gasteiger partial charge < -0.3 is 18.9 Å². The van der Waals surface area contributed by atoms with Gasteiger partial charge in [-0.3, -0.25) is 0 Å². The minimum atomic E-state index is -0.531. The number of ether oxygens (including phenoxy) is 4. The molecule has 2 aliphatic heterocycles. The number of carbonyl (C=O) groups is 1. The number of benzene rings is 2. The van der Waals surface area contributed by atoms with Gasteiger partial charge in [0.2, 0.25) is 5.90 Å². The zero-order valence-electron chi connectivity index (χ0n) is 14.5. The first-order chi connectivity index (χ1) is 13.1. The maximum Gasteiger partial charge on any atom is 0.363 e. The van der Waals surface area contributed by atoms with Gasteiger partial charge in [0, 0.05) is 12.0 Å². The van der Waals surface area contributed by atoms with E-state index in [2.05, 4.69) is 4.99 Å². The highest BCUT2D eigenvalue weighted by Crippen LogP contribution is 2.38. The van der Waals surface area contributed by atoms with Crippen molar-refractivity contribution >= 4 is 29.5 Å². The van der Waals surface area contributed by atoms with Crippen molar-refractivity contribution in [2.45, 2.75) is 6.42 Å². The number of rotatable bonds is 3. The predicted molar refractivity (Wildman–Crippen MR) is 101 cm³/mol. The number of methoxy groups -OCH3 is 1. The average Bonchev–Trinajstić information content (AvgIpc) is 2.88. The Morgan fingerprint density at radius 1 is 1.19 bits per heavy atom. The number of esters is 1. The lowest BCUT2D eigenvalue weighted by atomic mass is 10.1. The lowest BCUT2D eigenvalue weighted by molar-refractivity contribution is -0.129. The first kappa shape index (κ1) is 17.4. The van der Waals surface area contributed by atoms with Crippen LogP contribution in [0, 0.1) is 0 Å². The summed E-state index contributed by atoms with van der Waals surface area (Å²) in [6.45, 7) is 1.09. The van der Waals surface area contributed by atoms with Crippen LogP contribution in [0.2, 0.25) is 5.02 Å². The molecule has 0 fully saturated rings. The molecule has 0 saturated carbocycles. The van der Waals surface area contributed by atoms with Crippen LogP contribution in [0.3, 0.4) is 0 Å². The molecule has 27 heavy (non-hydrogen) atoms. The third-order valence-corrected chi connectivity index (χ3v) is 4.35. The minimum Gasteiger partial charge on any atom is -0.497 e. The SMILES string of the molecule is COc1cccc(C2=N/C(=C\c3cc(Cl)c4c(c3)OCCCO4)C(=O)O2)c1. The molecule has 0 bridgehead atoms. The monoisotopic (exact) mass is 385 g/mol. The fraction of sp³-hybridized carbons (Fsp3) is 0.200. The summed E-state index contributed by atoms with van der Waals surface area (Å²) in [5.74, 6) is 1.42. The highest BCUT2D eigenvalue weighted by Gasteiger charge is 2.25. The normalized spacial score (nSPS) is 17.3. The van der Waals surface area contributed by atoms with Crippen LogP contribution < -0.4 is 14.2 Å². The fourth-order valence-electron chi connectivity index (χ4n) is 2.78. The Labute approximate surface area is 161 Å². The van der Waals surface area contributed by atoms with Crippen molar-refractivity contribution in [3.05, 3.63) is 58.2 Å². The van der Waals surface area contributed by atoms with Gasteiger partial charge in [-0.1, -0.05) is 17.7 Å². The smallest absolute Gasteiger partial charge is 0.363 e. The number of nitrogens with zero attached hydrogens (tertiary/aromatic N) is 1. The van der Waals surface area contributed by atoms with E-state index >= 15 is 0 Å². The summed E-state index contributed by atoms with van der Waals surface area (Å²) in [4.78, 5) is 16.5. The van der Waals surface area contributed by atoms with E-state index in [1.165, 1.54) is 0 Å². The van der Waals surface area contributed by atoms with Gasteiger partial charge in [0.25, 0.3) is 0 Å². The molecule has 0 N–H and O–H groups in total. The Kier molecular flexibility index (Phi) is 4.73. The molecule has 138 valence electrons. The second-order valence-corrected chi connectivity index (χ2v) is 6.36. The van der Waals surface area contributed by atoms with Crippen molar-refractivity contribution in [3.63, 3.8) is 0 Å². The highest BCUT2D eigenvalue weighted by molar-refractivity contribution is 6.32. The van der Waals surface area contributed by atoms with Crippen molar-refractivity contribution < 1.29 is 23.7 Å². The summed E-state index contributed by atoms with van der Waals surface area (Å²) in [7, 11) is 1.57. The molecule has 7 heteroatoms. The number of cyclic esters (lactones) is 1. The molecular weight excluding hydrogens is 370 g/mol. The lowest BCUT2D eigenvalue weighted by Crippen LogP contribution is -2.05. The third-order valence-electron chi connectivity index (χ3n) is 4.07. The summed E-state index contributed by atoms with van der Waals surface area (Å²) in [5.41, 5.74) is 1.51. The van der Waals surface area contributed by atoms with Crippen LogP contribution in [0.1, 0.15) is 17.5 Å². The van der Waals surface area contributed by atoms with Crippen LogP contribution in [-0.4, -0.2) is 32.2 Å². The standard InChI is InChI=1S/C20H16ClNO5/c1-24-14-5-2-4-13(11-14)19-22-16(20(23)27-19)9-12-8-15(21)18-17(10-12)25-6-3-7-26-18/h2,4-5,8-11H,3,6-7H2,1H3/b16-9-. The average molecular weight is 386 g/mol. The van der Waals surface area contributed by atoms with Gasteiger partial charge in [0.1, 0.15) is 5.75 Å². The van der Waals surface area contributed by atoms with Crippen molar-refractivity contribution in [2.24, 2.45) is 4.99 Å². The van der Waals surface area contributed by atoms with E-state index in [0.29, 0.717) is 46.6 Å². The molecular formula is C20H16ClNO5. The molecule has 2 aromatic carbocycles. The van der Waals surface area contributed by atoms with Gasteiger partial charge >= 0.3 is 5.97 Å². The van der Waals surface area contributed by atoms with Gasteiger partial charge in [0.15, 0.2) is 17.2 Å². The summed E-state index contributed by atoms with van der Waals surface area (Å²) in [6.07, 6.45) is 2.39. The van der Waals surface area contributed by atoms with Crippen molar-refractivity contribution in [1.29, 1.82) is 0 Å². The first-order valence-electron chi connectivity index (χ1n) is 8.40.